The summed E-state index contributed by atoms with van der Waals surface area (Å²) in [6.07, 6.45) is 1.05. The van der Waals surface area contributed by atoms with Gasteiger partial charge in [-0.05, 0) is 6.42 Å². The van der Waals surface area contributed by atoms with E-state index >= 15 is 0 Å². The summed E-state index contributed by atoms with van der Waals surface area (Å²) < 4.78 is 0. The van der Waals surface area contributed by atoms with Crippen molar-refractivity contribution in [2.24, 2.45) is 0 Å². The molecule has 1 aliphatic rings. The molecule has 0 atom stereocenters. The van der Waals surface area contributed by atoms with Crippen LogP contribution in [0, 0.1) is 0 Å². The molecule has 1 rings (SSSR count). The van der Waals surface area contributed by atoms with Gasteiger partial charge in [-0.1, -0.05) is 6.92 Å². The van der Waals surface area contributed by atoms with E-state index in [9.17, 15) is 4.79 Å². The van der Waals surface area contributed by atoms with Gasteiger partial charge in [0.05, 0.1) is 6.54 Å². The van der Waals surface area contributed by atoms with E-state index in [1.165, 1.54) is 0 Å². The topological polar surface area (TPSA) is 44.4 Å². The molecule has 2 N–H and O–H groups in total. The zero-order valence-corrected chi connectivity index (χ0v) is 6.18. The molecule has 0 spiro atoms. The summed E-state index contributed by atoms with van der Waals surface area (Å²) in [7, 11) is 0. The molecular formula is C6H13N3O. The minimum atomic E-state index is -0.00606. The van der Waals surface area contributed by atoms with E-state index in [0.717, 1.165) is 26.1 Å². The predicted octanol–water partition coefficient (Wildman–Crippen LogP) is -0.0738. The standard InChI is InChI=1S/C6H13N3O/c1-2-3-8-9-5-4-7-6(9)10/h8H,2-5H2,1H3,(H,7,10). The quantitative estimate of drug-likeness (QED) is 0.580. The van der Waals surface area contributed by atoms with Gasteiger partial charge in [0.15, 0.2) is 0 Å². The van der Waals surface area contributed by atoms with Crippen molar-refractivity contribution in [3.63, 3.8) is 0 Å². The summed E-state index contributed by atoms with van der Waals surface area (Å²) in [6, 6.07) is -0.00606. The molecule has 1 fully saturated rings. The van der Waals surface area contributed by atoms with Crippen LogP contribution in [0.1, 0.15) is 13.3 Å². The molecule has 10 heavy (non-hydrogen) atoms. The molecule has 1 aliphatic heterocycles. The highest BCUT2D eigenvalue weighted by molar-refractivity contribution is 5.75. The average Bonchev–Trinajstić information content (AvgIpc) is 2.31. The van der Waals surface area contributed by atoms with Crippen LogP contribution in [0.5, 0.6) is 0 Å². The van der Waals surface area contributed by atoms with Gasteiger partial charge in [0.1, 0.15) is 0 Å². The molecule has 1 saturated heterocycles. The van der Waals surface area contributed by atoms with Gasteiger partial charge in [-0.3, -0.25) is 5.01 Å². The summed E-state index contributed by atoms with van der Waals surface area (Å²) in [5.74, 6) is 0. The maximum atomic E-state index is 10.8. The van der Waals surface area contributed by atoms with Crippen molar-refractivity contribution >= 4 is 6.03 Å². The van der Waals surface area contributed by atoms with E-state index in [1.807, 2.05) is 0 Å². The van der Waals surface area contributed by atoms with Crippen LogP contribution in [0.15, 0.2) is 0 Å². The Morgan fingerprint density at radius 2 is 2.60 bits per heavy atom. The largest absolute Gasteiger partial charge is 0.335 e. The molecule has 0 aromatic heterocycles. The Bertz CT molecular complexity index is 126. The van der Waals surface area contributed by atoms with E-state index in [0.29, 0.717) is 0 Å². The van der Waals surface area contributed by atoms with Crippen molar-refractivity contribution in [3.8, 4) is 0 Å². The summed E-state index contributed by atoms with van der Waals surface area (Å²) >= 11 is 0. The molecule has 58 valence electrons. The lowest BCUT2D eigenvalue weighted by Crippen LogP contribution is -2.40. The maximum Gasteiger partial charge on any atom is 0.331 e. The lowest BCUT2D eigenvalue weighted by Gasteiger charge is -2.13. The van der Waals surface area contributed by atoms with Crippen LogP contribution in [-0.2, 0) is 0 Å². The SMILES string of the molecule is CCCNN1CCNC1=O. The Labute approximate surface area is 60.5 Å². The van der Waals surface area contributed by atoms with Gasteiger partial charge in [-0.2, -0.15) is 0 Å². The normalized spacial score (nSPS) is 17.7. The van der Waals surface area contributed by atoms with Crippen molar-refractivity contribution in [1.29, 1.82) is 0 Å². The first-order valence-corrected chi connectivity index (χ1v) is 3.63. The smallest absolute Gasteiger partial charge is 0.331 e. The van der Waals surface area contributed by atoms with Gasteiger partial charge in [0.2, 0.25) is 0 Å². The van der Waals surface area contributed by atoms with Crippen molar-refractivity contribution < 1.29 is 4.79 Å². The Kier molecular flexibility index (Phi) is 2.50. The fourth-order valence-electron chi connectivity index (χ4n) is 0.869. The van der Waals surface area contributed by atoms with Gasteiger partial charge < -0.3 is 5.32 Å². The Morgan fingerprint density at radius 1 is 1.80 bits per heavy atom. The second-order valence-electron chi connectivity index (χ2n) is 2.29. The maximum absolute atomic E-state index is 10.8. The number of urea groups is 1. The van der Waals surface area contributed by atoms with Crippen LogP contribution in [0.3, 0.4) is 0 Å². The molecule has 2 amide bonds. The Morgan fingerprint density at radius 3 is 3.10 bits per heavy atom. The molecule has 0 bridgehead atoms. The van der Waals surface area contributed by atoms with Crippen molar-refractivity contribution in [1.82, 2.24) is 15.8 Å². The van der Waals surface area contributed by atoms with E-state index in [2.05, 4.69) is 17.7 Å². The van der Waals surface area contributed by atoms with Crippen molar-refractivity contribution in [2.45, 2.75) is 13.3 Å². The number of hydrogen-bond acceptors (Lipinski definition) is 2. The fraction of sp³-hybridized carbons (Fsp3) is 0.833. The highest BCUT2D eigenvalue weighted by Gasteiger charge is 2.17. The molecule has 0 saturated carbocycles. The first kappa shape index (κ1) is 7.34. The molecule has 4 heteroatoms. The predicted molar refractivity (Wildman–Crippen MR) is 38.4 cm³/mol. The van der Waals surface area contributed by atoms with Crippen molar-refractivity contribution in [3.05, 3.63) is 0 Å². The van der Waals surface area contributed by atoms with E-state index in [1.54, 1.807) is 5.01 Å². The number of rotatable bonds is 3. The zero-order chi connectivity index (χ0) is 7.40. The number of nitrogens with one attached hydrogen (secondary N) is 2. The molecule has 0 radical (unpaired) electrons. The lowest BCUT2D eigenvalue weighted by molar-refractivity contribution is 0.195. The molecule has 1 heterocycles. The first-order chi connectivity index (χ1) is 4.84. The van der Waals surface area contributed by atoms with Crippen LogP contribution in [-0.4, -0.2) is 30.7 Å². The molecule has 0 aliphatic carbocycles. The Hall–Kier alpha value is -0.770. The number of carbonyl (C=O) groups excluding carboxylic acids is 1. The second kappa shape index (κ2) is 3.41. The summed E-state index contributed by atoms with van der Waals surface area (Å²) in [5, 5.41) is 4.32. The summed E-state index contributed by atoms with van der Waals surface area (Å²) in [5.41, 5.74) is 3.00. The number of hydrazine groups is 1. The molecule has 0 unspecified atom stereocenters. The van der Waals surface area contributed by atoms with E-state index < -0.39 is 0 Å². The van der Waals surface area contributed by atoms with Gasteiger partial charge in [-0.15, -0.1) is 0 Å². The van der Waals surface area contributed by atoms with Crippen LogP contribution in [0.25, 0.3) is 0 Å². The second-order valence-corrected chi connectivity index (χ2v) is 2.29. The fourth-order valence-corrected chi connectivity index (χ4v) is 0.869. The van der Waals surface area contributed by atoms with Crippen LogP contribution in [0.4, 0.5) is 4.79 Å². The molecular weight excluding hydrogens is 130 g/mol. The monoisotopic (exact) mass is 143 g/mol. The van der Waals surface area contributed by atoms with E-state index in [-0.39, 0.29) is 6.03 Å². The molecule has 0 aromatic carbocycles. The molecule has 4 nitrogen and oxygen atoms in total. The number of carbonyl (C=O) groups is 1. The van der Waals surface area contributed by atoms with Crippen LogP contribution in [0.2, 0.25) is 0 Å². The highest BCUT2D eigenvalue weighted by Crippen LogP contribution is 1.90. The molecule has 0 aromatic rings. The van der Waals surface area contributed by atoms with Gasteiger partial charge >= 0.3 is 6.03 Å². The first-order valence-electron chi connectivity index (χ1n) is 3.63. The summed E-state index contributed by atoms with van der Waals surface area (Å²) in [4.78, 5) is 10.8. The Balaban J connectivity index is 2.20. The van der Waals surface area contributed by atoms with Crippen molar-refractivity contribution in [2.75, 3.05) is 19.6 Å². The van der Waals surface area contributed by atoms with Gasteiger partial charge in [0.25, 0.3) is 0 Å². The van der Waals surface area contributed by atoms with Gasteiger partial charge in [0, 0.05) is 13.1 Å². The minimum Gasteiger partial charge on any atom is -0.335 e. The van der Waals surface area contributed by atoms with E-state index in [4.69, 9.17) is 0 Å². The highest BCUT2D eigenvalue weighted by atomic mass is 16.2. The number of amides is 2. The zero-order valence-electron chi connectivity index (χ0n) is 6.18. The van der Waals surface area contributed by atoms with Crippen LogP contribution >= 0.6 is 0 Å². The number of hydrogen-bond donors (Lipinski definition) is 2. The number of nitrogens with zero attached hydrogens (tertiary/aromatic N) is 1. The van der Waals surface area contributed by atoms with Crippen LogP contribution < -0.4 is 10.7 Å². The van der Waals surface area contributed by atoms with Gasteiger partial charge in [-0.25, -0.2) is 10.2 Å². The lowest BCUT2D eigenvalue weighted by atomic mass is 10.5. The minimum absolute atomic E-state index is 0.00606. The third-order valence-electron chi connectivity index (χ3n) is 1.41. The third-order valence-corrected chi connectivity index (χ3v) is 1.41. The average molecular weight is 143 g/mol. The summed E-state index contributed by atoms with van der Waals surface area (Å²) in [6.45, 7) is 4.47. The third kappa shape index (κ3) is 1.60.